The molecule has 0 fully saturated rings. The summed E-state index contributed by atoms with van der Waals surface area (Å²) in [6, 6.07) is 15.1. The monoisotopic (exact) mass is 589 g/mol. The van der Waals surface area contributed by atoms with E-state index in [1.807, 2.05) is 39.2 Å². The van der Waals surface area contributed by atoms with Gasteiger partial charge in [-0.25, -0.2) is 4.79 Å². The molecule has 1 aliphatic carbocycles. The number of nitrogens with zero attached hydrogens (tertiary/aromatic N) is 2. The molecule has 0 heterocycles. The van der Waals surface area contributed by atoms with Crippen molar-refractivity contribution in [1.82, 2.24) is 0 Å². The number of hydrogen-bond donors (Lipinski definition) is 0. The van der Waals surface area contributed by atoms with Crippen LogP contribution in [0.5, 0.6) is 5.75 Å². The summed E-state index contributed by atoms with van der Waals surface area (Å²) in [6.07, 6.45) is -2.59. The lowest BCUT2D eigenvalue weighted by atomic mass is 10.0. The van der Waals surface area contributed by atoms with Gasteiger partial charge in [0.15, 0.2) is 6.10 Å². The molecule has 2 aromatic rings. The SMILES string of the molecule is CCC(C)OC(=O)CCc1ccc(C#N)c(OC[C@@H](C[N+](C)(C)CCC2Cc3ccccc3C2)OC(=O)C(F)(F)F)c1. The molecule has 0 radical (unpaired) electrons. The molecule has 2 atom stereocenters. The first kappa shape index (κ1) is 32.9. The van der Waals surface area contributed by atoms with Gasteiger partial charge in [-0.05, 0) is 67.3 Å². The fourth-order valence-corrected chi connectivity index (χ4v) is 5.10. The van der Waals surface area contributed by atoms with Gasteiger partial charge in [0, 0.05) is 12.8 Å². The fourth-order valence-electron chi connectivity index (χ4n) is 5.10. The third-order valence-electron chi connectivity index (χ3n) is 7.60. The average molecular weight is 590 g/mol. The first-order valence-corrected chi connectivity index (χ1v) is 14.3. The van der Waals surface area contributed by atoms with Crippen LogP contribution in [-0.4, -0.2) is 68.6 Å². The lowest BCUT2D eigenvalue weighted by molar-refractivity contribution is -0.893. The highest BCUT2D eigenvalue weighted by molar-refractivity contribution is 5.75. The second-order valence-corrected chi connectivity index (χ2v) is 11.7. The minimum Gasteiger partial charge on any atom is -0.488 e. The Morgan fingerprint density at radius 2 is 1.76 bits per heavy atom. The summed E-state index contributed by atoms with van der Waals surface area (Å²) in [4.78, 5) is 23.9. The number of hydrogen-bond acceptors (Lipinski definition) is 6. The van der Waals surface area contributed by atoms with E-state index in [1.165, 1.54) is 17.2 Å². The average Bonchev–Trinajstić information content (AvgIpc) is 3.36. The van der Waals surface area contributed by atoms with Crippen molar-refractivity contribution in [2.24, 2.45) is 5.92 Å². The maximum atomic E-state index is 13.1. The number of quaternary nitrogens is 1. The first-order valence-electron chi connectivity index (χ1n) is 14.3. The Bertz CT molecular complexity index is 1250. The molecular formula is C32H40F3N2O5+. The molecule has 10 heteroatoms. The maximum absolute atomic E-state index is 13.1. The number of fused-ring (bicyclic) bond motifs is 1. The molecule has 2 aromatic carbocycles. The Morgan fingerprint density at radius 3 is 2.36 bits per heavy atom. The number of alkyl halides is 3. The van der Waals surface area contributed by atoms with Crippen LogP contribution in [-0.2, 0) is 38.3 Å². The van der Waals surface area contributed by atoms with E-state index in [9.17, 15) is 28.0 Å². The normalized spacial score (nSPS) is 14.9. The van der Waals surface area contributed by atoms with E-state index in [2.05, 4.69) is 12.1 Å². The van der Waals surface area contributed by atoms with Crippen molar-refractivity contribution >= 4 is 11.9 Å². The van der Waals surface area contributed by atoms with E-state index >= 15 is 0 Å². The van der Waals surface area contributed by atoms with Crippen LogP contribution in [0.3, 0.4) is 0 Å². The third kappa shape index (κ3) is 10.1. The van der Waals surface area contributed by atoms with Crippen molar-refractivity contribution in [3.63, 3.8) is 0 Å². The van der Waals surface area contributed by atoms with Crippen LogP contribution < -0.4 is 4.74 Å². The number of benzene rings is 2. The van der Waals surface area contributed by atoms with Gasteiger partial charge in [0.05, 0.1) is 32.3 Å². The second kappa shape index (κ2) is 14.5. The van der Waals surface area contributed by atoms with Crippen LogP contribution in [0.25, 0.3) is 0 Å². The van der Waals surface area contributed by atoms with E-state index < -0.39 is 18.2 Å². The molecule has 0 aromatic heterocycles. The summed E-state index contributed by atoms with van der Waals surface area (Å²) >= 11 is 0. The molecule has 0 saturated carbocycles. The van der Waals surface area contributed by atoms with Crippen molar-refractivity contribution in [2.75, 3.05) is 33.8 Å². The number of carbonyl (C=O) groups excluding carboxylic acids is 2. The number of ether oxygens (including phenoxy) is 3. The Labute approximate surface area is 245 Å². The van der Waals surface area contributed by atoms with Crippen molar-refractivity contribution in [3.8, 4) is 11.8 Å². The van der Waals surface area contributed by atoms with Gasteiger partial charge in [-0.1, -0.05) is 37.3 Å². The Hall–Kier alpha value is -3.58. The Kier molecular flexibility index (Phi) is 11.4. The predicted octanol–water partition coefficient (Wildman–Crippen LogP) is 5.57. The quantitative estimate of drug-likeness (QED) is 0.212. The molecule has 0 N–H and O–H groups in total. The zero-order chi connectivity index (χ0) is 30.9. The van der Waals surface area contributed by atoms with Gasteiger partial charge in [0.25, 0.3) is 0 Å². The molecule has 0 aliphatic heterocycles. The highest BCUT2D eigenvalue weighted by atomic mass is 19.4. The third-order valence-corrected chi connectivity index (χ3v) is 7.60. The van der Waals surface area contributed by atoms with Gasteiger partial charge < -0.3 is 18.7 Å². The molecule has 228 valence electrons. The van der Waals surface area contributed by atoms with E-state index in [4.69, 9.17) is 14.2 Å². The molecule has 0 spiro atoms. The zero-order valence-electron chi connectivity index (χ0n) is 24.7. The van der Waals surface area contributed by atoms with Gasteiger partial charge in [-0.2, -0.15) is 18.4 Å². The largest absolute Gasteiger partial charge is 0.490 e. The predicted molar refractivity (Wildman–Crippen MR) is 151 cm³/mol. The van der Waals surface area contributed by atoms with Crippen molar-refractivity contribution < 1.29 is 41.5 Å². The highest BCUT2D eigenvalue weighted by Crippen LogP contribution is 2.29. The maximum Gasteiger partial charge on any atom is 0.490 e. The van der Waals surface area contributed by atoms with Crippen LogP contribution in [0.4, 0.5) is 13.2 Å². The minimum atomic E-state index is -5.15. The van der Waals surface area contributed by atoms with Crippen LogP contribution in [0, 0.1) is 17.2 Å². The topological polar surface area (TPSA) is 85.6 Å². The molecule has 7 nitrogen and oxygen atoms in total. The zero-order valence-corrected chi connectivity index (χ0v) is 24.7. The van der Waals surface area contributed by atoms with Crippen LogP contribution >= 0.6 is 0 Å². The van der Waals surface area contributed by atoms with Gasteiger partial charge in [0.2, 0.25) is 0 Å². The van der Waals surface area contributed by atoms with E-state index in [0.29, 0.717) is 35.4 Å². The molecule has 3 rings (SSSR count). The summed E-state index contributed by atoms with van der Waals surface area (Å²) in [7, 11) is 3.77. The summed E-state index contributed by atoms with van der Waals surface area (Å²) in [5.74, 6) is -2.05. The second-order valence-electron chi connectivity index (χ2n) is 11.7. The smallest absolute Gasteiger partial charge is 0.488 e. The summed E-state index contributed by atoms with van der Waals surface area (Å²) in [6.45, 7) is 4.11. The number of esters is 2. The lowest BCUT2D eigenvalue weighted by Crippen LogP contribution is -2.50. The summed E-state index contributed by atoms with van der Waals surface area (Å²) in [5, 5.41) is 9.56. The standard InChI is InChI=1S/C32H40F3N2O5/c1-5-22(2)41-30(38)13-11-23-10-12-27(19-36)29(18-23)40-21-28(42-31(39)32(33,34)35)20-37(3,4)15-14-24-16-25-8-6-7-9-26(25)17-24/h6-10,12,18,22,24,28H,5,11,13-17,20-21H2,1-4H3/q+1/t22?,28-/m1/s1. The van der Waals surface area contributed by atoms with Crippen molar-refractivity contribution in [2.45, 2.75) is 70.8 Å². The van der Waals surface area contributed by atoms with E-state index in [-0.39, 0.29) is 43.0 Å². The number of nitriles is 1. The van der Waals surface area contributed by atoms with Crippen LogP contribution in [0.1, 0.15) is 55.4 Å². The molecule has 1 aliphatic rings. The number of likely N-dealkylation sites (N-methyl/N-ethyl adjacent to an activating group) is 1. The van der Waals surface area contributed by atoms with Gasteiger partial charge in [0.1, 0.15) is 25.0 Å². The van der Waals surface area contributed by atoms with Gasteiger partial charge in [-0.3, -0.25) is 4.79 Å². The summed E-state index contributed by atoms with van der Waals surface area (Å²) < 4.78 is 55.6. The molecule has 0 saturated heterocycles. The molecule has 0 amide bonds. The van der Waals surface area contributed by atoms with Gasteiger partial charge >= 0.3 is 18.1 Å². The molecule has 42 heavy (non-hydrogen) atoms. The van der Waals surface area contributed by atoms with Crippen LogP contribution in [0.2, 0.25) is 0 Å². The van der Waals surface area contributed by atoms with Crippen LogP contribution in [0.15, 0.2) is 42.5 Å². The van der Waals surface area contributed by atoms with E-state index in [1.54, 1.807) is 19.1 Å². The minimum absolute atomic E-state index is 0.0878. The molecule has 1 unspecified atom stereocenters. The van der Waals surface area contributed by atoms with Crippen molar-refractivity contribution in [1.29, 1.82) is 5.26 Å². The first-order chi connectivity index (χ1) is 19.8. The number of rotatable bonds is 14. The summed E-state index contributed by atoms with van der Waals surface area (Å²) in [5.41, 5.74) is 3.54. The van der Waals surface area contributed by atoms with Crippen molar-refractivity contribution in [3.05, 3.63) is 64.7 Å². The fraction of sp³-hybridized carbons (Fsp3) is 0.531. The number of aryl methyl sites for hydroxylation is 1. The lowest BCUT2D eigenvalue weighted by Gasteiger charge is -2.34. The molecular weight excluding hydrogens is 549 g/mol. The highest BCUT2D eigenvalue weighted by Gasteiger charge is 2.43. The number of carbonyl (C=O) groups is 2. The van der Waals surface area contributed by atoms with E-state index in [0.717, 1.165) is 19.3 Å². The molecule has 0 bridgehead atoms. The number of halogens is 3. The Morgan fingerprint density at radius 1 is 1.10 bits per heavy atom. The Balaban J connectivity index is 1.65. The van der Waals surface area contributed by atoms with Gasteiger partial charge in [-0.15, -0.1) is 0 Å².